The summed E-state index contributed by atoms with van der Waals surface area (Å²) in [4.78, 5) is 23.3. The number of rotatable bonds is 9. The molecule has 1 aromatic carbocycles. The summed E-state index contributed by atoms with van der Waals surface area (Å²) in [5, 5.41) is 11.7. The number of methoxy groups -OCH3 is 2. The molecule has 6 nitrogen and oxygen atoms in total. The largest absolute Gasteiger partial charge is 0.493 e. The van der Waals surface area contributed by atoms with E-state index in [4.69, 9.17) is 14.6 Å². The van der Waals surface area contributed by atoms with Gasteiger partial charge in [0.2, 0.25) is 0 Å². The number of benzene rings is 1. The molecule has 24 heavy (non-hydrogen) atoms. The summed E-state index contributed by atoms with van der Waals surface area (Å²) < 4.78 is 10.7. The number of nitrogens with one attached hydrogen (secondary N) is 1. The van der Waals surface area contributed by atoms with E-state index in [1.807, 2.05) is 0 Å². The number of allylic oxidation sites excluding steroid dienone is 1. The summed E-state index contributed by atoms with van der Waals surface area (Å²) in [5.74, 6) is -0.155. The average Bonchev–Trinajstić information content (AvgIpc) is 2.52. The van der Waals surface area contributed by atoms with E-state index in [9.17, 15) is 9.59 Å². The van der Waals surface area contributed by atoms with Crippen molar-refractivity contribution < 1.29 is 24.2 Å². The highest BCUT2D eigenvalue weighted by Crippen LogP contribution is 2.33. The zero-order valence-corrected chi connectivity index (χ0v) is 14.6. The van der Waals surface area contributed by atoms with Gasteiger partial charge in [0.1, 0.15) is 0 Å². The Morgan fingerprint density at radius 3 is 2.46 bits per heavy atom. The van der Waals surface area contributed by atoms with Crippen LogP contribution < -0.4 is 14.8 Å². The van der Waals surface area contributed by atoms with Gasteiger partial charge in [-0.25, -0.2) is 0 Å². The highest BCUT2D eigenvalue weighted by Gasteiger charge is 2.23. The zero-order chi connectivity index (χ0) is 18.3. The van der Waals surface area contributed by atoms with Crippen LogP contribution in [0.3, 0.4) is 0 Å². The minimum atomic E-state index is -0.892. The van der Waals surface area contributed by atoms with Crippen molar-refractivity contribution in [2.75, 3.05) is 14.2 Å². The number of hydrogen-bond acceptors (Lipinski definition) is 4. The molecule has 0 bridgehead atoms. The van der Waals surface area contributed by atoms with Crippen LogP contribution in [0.1, 0.15) is 42.6 Å². The Bertz CT molecular complexity index is 622. The first-order chi connectivity index (χ1) is 11.2. The Morgan fingerprint density at radius 1 is 1.29 bits per heavy atom. The molecule has 0 saturated carbocycles. The first-order valence-corrected chi connectivity index (χ1v) is 7.64. The predicted octanol–water partition coefficient (Wildman–Crippen LogP) is 2.81. The topological polar surface area (TPSA) is 84.9 Å². The Balaban J connectivity index is 3.07. The summed E-state index contributed by atoms with van der Waals surface area (Å²) >= 11 is 0. The Morgan fingerprint density at radius 2 is 1.96 bits per heavy atom. The van der Waals surface area contributed by atoms with Crippen LogP contribution in [0.4, 0.5) is 0 Å². The number of carboxylic acid groups (broad SMARTS) is 1. The summed E-state index contributed by atoms with van der Waals surface area (Å²) in [6.07, 6.45) is 2.57. The van der Waals surface area contributed by atoms with Gasteiger partial charge in [-0.1, -0.05) is 6.08 Å². The number of carbonyl (C=O) groups excluding carboxylic acids is 1. The van der Waals surface area contributed by atoms with E-state index in [1.165, 1.54) is 7.11 Å². The van der Waals surface area contributed by atoms with Gasteiger partial charge in [-0.2, -0.15) is 0 Å². The van der Waals surface area contributed by atoms with E-state index < -0.39 is 11.5 Å². The van der Waals surface area contributed by atoms with E-state index in [1.54, 1.807) is 39.2 Å². The molecule has 0 spiro atoms. The molecule has 0 unspecified atom stereocenters. The fraction of sp³-hybridized carbons (Fsp3) is 0.444. The van der Waals surface area contributed by atoms with Crippen LogP contribution in [0.15, 0.2) is 24.8 Å². The second-order valence-electron chi connectivity index (χ2n) is 6.10. The SMILES string of the molecule is C=CCc1cc(C(=O)NC(C)(C)CCC(=O)O)cc(OC)c1OC. The fourth-order valence-electron chi connectivity index (χ4n) is 2.34. The van der Waals surface area contributed by atoms with Gasteiger partial charge in [0.15, 0.2) is 11.5 Å². The maximum Gasteiger partial charge on any atom is 0.303 e. The third kappa shape index (κ3) is 5.30. The van der Waals surface area contributed by atoms with Crippen molar-refractivity contribution in [3.8, 4) is 11.5 Å². The normalized spacial score (nSPS) is 10.8. The molecule has 0 saturated heterocycles. The molecule has 1 rings (SSSR count). The third-order valence-corrected chi connectivity index (χ3v) is 3.60. The van der Waals surface area contributed by atoms with Crippen molar-refractivity contribution in [1.29, 1.82) is 0 Å². The van der Waals surface area contributed by atoms with E-state index in [-0.39, 0.29) is 12.3 Å². The molecule has 0 atom stereocenters. The maximum absolute atomic E-state index is 12.5. The van der Waals surface area contributed by atoms with Crippen LogP contribution in [-0.4, -0.2) is 36.7 Å². The number of carbonyl (C=O) groups is 2. The first-order valence-electron chi connectivity index (χ1n) is 7.64. The number of amides is 1. The lowest BCUT2D eigenvalue weighted by Crippen LogP contribution is -2.43. The second-order valence-corrected chi connectivity index (χ2v) is 6.10. The number of carboxylic acids is 1. The lowest BCUT2D eigenvalue weighted by Gasteiger charge is -2.26. The molecule has 0 heterocycles. The Hall–Kier alpha value is -2.50. The van der Waals surface area contributed by atoms with Crippen LogP contribution in [0.25, 0.3) is 0 Å². The first kappa shape index (κ1) is 19.5. The maximum atomic E-state index is 12.5. The van der Waals surface area contributed by atoms with Crippen LogP contribution in [0.2, 0.25) is 0 Å². The highest BCUT2D eigenvalue weighted by atomic mass is 16.5. The van der Waals surface area contributed by atoms with E-state index in [0.29, 0.717) is 29.9 Å². The zero-order valence-electron chi connectivity index (χ0n) is 14.6. The quantitative estimate of drug-likeness (QED) is 0.678. The monoisotopic (exact) mass is 335 g/mol. The van der Waals surface area contributed by atoms with Gasteiger partial charge >= 0.3 is 5.97 Å². The lowest BCUT2D eigenvalue weighted by molar-refractivity contribution is -0.137. The van der Waals surface area contributed by atoms with E-state index >= 15 is 0 Å². The summed E-state index contributed by atoms with van der Waals surface area (Å²) in [5.41, 5.74) is 0.578. The third-order valence-electron chi connectivity index (χ3n) is 3.60. The van der Waals surface area contributed by atoms with Gasteiger partial charge in [0.05, 0.1) is 14.2 Å². The van der Waals surface area contributed by atoms with Crippen molar-refractivity contribution in [1.82, 2.24) is 5.32 Å². The summed E-state index contributed by atoms with van der Waals surface area (Å²) in [6.45, 7) is 7.29. The van der Waals surface area contributed by atoms with Gasteiger partial charge in [-0.3, -0.25) is 9.59 Å². The average molecular weight is 335 g/mol. The molecule has 132 valence electrons. The molecular formula is C18H25NO5. The number of hydrogen-bond donors (Lipinski definition) is 2. The Kier molecular flexibility index (Phi) is 6.82. The van der Waals surface area contributed by atoms with Crippen molar-refractivity contribution in [3.63, 3.8) is 0 Å². The second kappa shape index (κ2) is 8.38. The van der Waals surface area contributed by atoms with E-state index in [2.05, 4.69) is 11.9 Å². The molecule has 1 aromatic rings. The lowest BCUT2D eigenvalue weighted by atomic mass is 9.97. The molecule has 2 N–H and O–H groups in total. The van der Waals surface area contributed by atoms with Gasteiger partial charge in [-0.05, 0) is 38.8 Å². The van der Waals surface area contributed by atoms with Crippen molar-refractivity contribution in [3.05, 3.63) is 35.9 Å². The molecule has 0 fully saturated rings. The minimum Gasteiger partial charge on any atom is -0.493 e. The van der Waals surface area contributed by atoms with E-state index in [0.717, 1.165) is 5.56 Å². The van der Waals surface area contributed by atoms with Crippen LogP contribution in [0.5, 0.6) is 11.5 Å². The molecule has 6 heteroatoms. The van der Waals surface area contributed by atoms with Gasteiger partial charge < -0.3 is 19.9 Å². The van der Waals surface area contributed by atoms with Crippen molar-refractivity contribution in [2.45, 2.75) is 38.6 Å². The van der Waals surface area contributed by atoms with Crippen molar-refractivity contribution in [2.24, 2.45) is 0 Å². The van der Waals surface area contributed by atoms with Gasteiger partial charge in [0, 0.05) is 23.1 Å². The van der Waals surface area contributed by atoms with Crippen molar-refractivity contribution >= 4 is 11.9 Å². The standard InChI is InChI=1S/C18H25NO5/c1-6-7-12-10-13(11-14(23-4)16(12)24-5)17(22)19-18(2,3)9-8-15(20)21/h6,10-11H,1,7-9H2,2-5H3,(H,19,22)(H,20,21). The minimum absolute atomic E-state index is 0.0130. The predicted molar refractivity (Wildman–Crippen MR) is 91.9 cm³/mol. The fourth-order valence-corrected chi connectivity index (χ4v) is 2.34. The Labute approximate surface area is 142 Å². The van der Waals surface area contributed by atoms with Crippen LogP contribution in [0, 0.1) is 0 Å². The molecule has 0 aliphatic carbocycles. The van der Waals surface area contributed by atoms with Crippen LogP contribution >= 0.6 is 0 Å². The van der Waals surface area contributed by atoms with Gasteiger partial charge in [0.25, 0.3) is 5.91 Å². The number of aliphatic carboxylic acids is 1. The highest BCUT2D eigenvalue weighted by molar-refractivity contribution is 5.95. The van der Waals surface area contributed by atoms with Gasteiger partial charge in [-0.15, -0.1) is 6.58 Å². The molecule has 0 aromatic heterocycles. The summed E-state index contributed by atoms with van der Waals surface area (Å²) in [7, 11) is 3.05. The number of ether oxygens (including phenoxy) is 2. The smallest absolute Gasteiger partial charge is 0.303 e. The molecule has 0 aliphatic rings. The molecule has 0 radical (unpaired) electrons. The molecule has 0 aliphatic heterocycles. The summed E-state index contributed by atoms with van der Waals surface area (Å²) in [6, 6.07) is 3.33. The van der Waals surface area contributed by atoms with Crippen LogP contribution in [-0.2, 0) is 11.2 Å². The molecule has 1 amide bonds. The molecular weight excluding hydrogens is 310 g/mol.